The summed E-state index contributed by atoms with van der Waals surface area (Å²) >= 11 is 0. The van der Waals surface area contributed by atoms with Gasteiger partial charge in [-0.15, -0.1) is 0 Å². The Morgan fingerprint density at radius 2 is 1.84 bits per heavy atom. The second-order valence-corrected chi connectivity index (χ2v) is 7.56. The fraction of sp³-hybridized carbons (Fsp3) is 0.500. The molecule has 0 unspecified atom stereocenters. The van der Waals surface area contributed by atoms with Gasteiger partial charge in [0.05, 0.1) is 11.8 Å². The number of aryl methyl sites for hydroxylation is 1. The molecule has 2 atom stereocenters. The van der Waals surface area contributed by atoms with E-state index in [1.54, 1.807) is 4.90 Å². The van der Waals surface area contributed by atoms with Gasteiger partial charge in [0, 0.05) is 29.7 Å². The smallest absolute Gasteiger partial charge is 0.237 e. The van der Waals surface area contributed by atoms with Gasteiger partial charge in [-0.3, -0.25) is 14.5 Å². The highest BCUT2D eigenvalue weighted by molar-refractivity contribution is 6.10. The van der Waals surface area contributed by atoms with E-state index in [4.69, 9.17) is 0 Å². The molecule has 5 nitrogen and oxygen atoms in total. The Bertz CT molecular complexity index is 850. The third-order valence-corrected chi connectivity index (χ3v) is 6.20. The zero-order valence-electron chi connectivity index (χ0n) is 14.3. The van der Waals surface area contributed by atoms with Gasteiger partial charge in [0.2, 0.25) is 11.8 Å². The number of benzene rings is 1. The predicted molar refractivity (Wildman–Crippen MR) is 95.2 cm³/mol. The van der Waals surface area contributed by atoms with E-state index in [1.165, 1.54) is 12.8 Å². The van der Waals surface area contributed by atoms with Gasteiger partial charge < -0.3 is 9.88 Å². The molecule has 0 spiro atoms. The van der Waals surface area contributed by atoms with E-state index in [2.05, 4.69) is 22.0 Å². The first-order chi connectivity index (χ1) is 12.2. The summed E-state index contributed by atoms with van der Waals surface area (Å²) in [5.74, 6) is -0.395. The van der Waals surface area contributed by atoms with Crippen molar-refractivity contribution in [2.24, 2.45) is 5.92 Å². The van der Waals surface area contributed by atoms with Gasteiger partial charge in [-0.25, -0.2) is 0 Å². The molecule has 0 bridgehead atoms. The number of nitrogens with zero attached hydrogens (tertiary/aromatic N) is 2. The topological polar surface area (TPSA) is 56.4 Å². The summed E-state index contributed by atoms with van der Waals surface area (Å²) in [6.45, 7) is 3.55. The number of aromatic nitrogens is 1. The van der Waals surface area contributed by atoms with Crippen LogP contribution in [0.4, 0.5) is 0 Å². The monoisotopic (exact) mass is 337 g/mol. The molecule has 2 amide bonds. The molecule has 0 radical (unpaired) electrons. The molecule has 3 heterocycles. The lowest BCUT2D eigenvalue weighted by Gasteiger charge is -2.21. The van der Waals surface area contributed by atoms with Crippen molar-refractivity contribution in [3.63, 3.8) is 0 Å². The van der Waals surface area contributed by atoms with Gasteiger partial charge in [-0.05, 0) is 50.4 Å². The number of para-hydroxylation sites is 1. The molecule has 2 aromatic rings. The van der Waals surface area contributed by atoms with Crippen molar-refractivity contribution in [1.82, 2.24) is 14.8 Å². The van der Waals surface area contributed by atoms with Crippen molar-refractivity contribution >= 4 is 22.7 Å². The number of amides is 2. The van der Waals surface area contributed by atoms with Crippen molar-refractivity contribution in [2.75, 3.05) is 26.2 Å². The summed E-state index contributed by atoms with van der Waals surface area (Å²) in [7, 11) is 0. The van der Waals surface area contributed by atoms with Crippen molar-refractivity contribution in [3.05, 3.63) is 35.5 Å². The molecule has 1 N–H and O–H groups in total. The second kappa shape index (κ2) is 5.70. The Balaban J connectivity index is 1.47. The lowest BCUT2D eigenvalue weighted by atomic mass is 9.78. The van der Waals surface area contributed by atoms with Crippen molar-refractivity contribution in [2.45, 2.75) is 31.6 Å². The molecule has 1 aromatic heterocycles. The van der Waals surface area contributed by atoms with Crippen LogP contribution in [-0.4, -0.2) is 52.8 Å². The maximum absolute atomic E-state index is 13.1. The second-order valence-electron chi connectivity index (χ2n) is 7.56. The van der Waals surface area contributed by atoms with Crippen LogP contribution in [0.25, 0.3) is 10.9 Å². The van der Waals surface area contributed by atoms with Crippen LogP contribution in [0.3, 0.4) is 0 Å². The van der Waals surface area contributed by atoms with E-state index in [1.807, 2.05) is 12.1 Å². The van der Waals surface area contributed by atoms with Gasteiger partial charge in [-0.2, -0.15) is 0 Å². The number of nitrogens with one attached hydrogen (secondary N) is 1. The molecule has 5 rings (SSSR count). The minimum atomic E-state index is -0.286. The quantitative estimate of drug-likeness (QED) is 0.874. The van der Waals surface area contributed by atoms with Crippen LogP contribution in [0, 0.1) is 5.92 Å². The summed E-state index contributed by atoms with van der Waals surface area (Å²) in [4.78, 5) is 33.4. The average Bonchev–Trinajstić information content (AvgIpc) is 3.32. The van der Waals surface area contributed by atoms with Gasteiger partial charge in [-0.1, -0.05) is 18.2 Å². The predicted octanol–water partition coefficient (Wildman–Crippen LogP) is 2.28. The van der Waals surface area contributed by atoms with E-state index in [-0.39, 0.29) is 23.7 Å². The van der Waals surface area contributed by atoms with Crippen LogP contribution in [0.2, 0.25) is 0 Å². The Morgan fingerprint density at radius 1 is 1.04 bits per heavy atom. The number of carbonyl (C=O) groups is 2. The minimum absolute atomic E-state index is 0.0138. The van der Waals surface area contributed by atoms with Gasteiger partial charge in [0.1, 0.15) is 0 Å². The van der Waals surface area contributed by atoms with Crippen LogP contribution in [-0.2, 0) is 16.0 Å². The molecule has 3 aliphatic rings. The molecule has 2 aliphatic heterocycles. The Morgan fingerprint density at radius 3 is 2.68 bits per heavy atom. The summed E-state index contributed by atoms with van der Waals surface area (Å²) in [5, 5.41) is 1.11. The molecule has 0 saturated carbocycles. The molecular weight excluding hydrogens is 314 g/mol. The van der Waals surface area contributed by atoms with E-state index < -0.39 is 0 Å². The largest absolute Gasteiger partial charge is 0.358 e. The molecule has 1 aliphatic carbocycles. The standard InChI is InChI=1S/C20H23N3O2/c24-19-14-7-8-16-17(13-5-1-2-6-15(13)21-16)18(14)20(25)23(19)12-11-22-9-3-4-10-22/h1-2,5-6,14,18,21H,3-4,7-12H2/t14-,18-/m1/s1. The van der Waals surface area contributed by atoms with E-state index in [9.17, 15) is 9.59 Å². The van der Waals surface area contributed by atoms with Crippen LogP contribution in [0.15, 0.2) is 24.3 Å². The van der Waals surface area contributed by atoms with Gasteiger partial charge in [0.15, 0.2) is 0 Å². The summed E-state index contributed by atoms with van der Waals surface area (Å²) in [6.07, 6.45) is 4.08. The first kappa shape index (κ1) is 15.1. The highest BCUT2D eigenvalue weighted by Gasteiger charge is 2.51. The van der Waals surface area contributed by atoms with Gasteiger partial charge >= 0.3 is 0 Å². The van der Waals surface area contributed by atoms with Crippen LogP contribution < -0.4 is 0 Å². The van der Waals surface area contributed by atoms with Crippen molar-refractivity contribution in [1.29, 1.82) is 0 Å². The van der Waals surface area contributed by atoms with Crippen LogP contribution in [0.1, 0.15) is 36.4 Å². The summed E-state index contributed by atoms with van der Waals surface area (Å²) < 4.78 is 0. The molecule has 2 fully saturated rings. The highest BCUT2D eigenvalue weighted by Crippen LogP contribution is 2.45. The first-order valence-electron chi connectivity index (χ1n) is 9.41. The molecule has 130 valence electrons. The van der Waals surface area contributed by atoms with Crippen LogP contribution >= 0.6 is 0 Å². The molecular formula is C20H23N3O2. The zero-order chi connectivity index (χ0) is 17.0. The Hall–Kier alpha value is -2.14. The summed E-state index contributed by atoms with van der Waals surface area (Å²) in [5.41, 5.74) is 3.29. The fourth-order valence-electron chi connectivity index (χ4n) is 4.95. The third-order valence-electron chi connectivity index (χ3n) is 6.20. The first-order valence-corrected chi connectivity index (χ1v) is 9.41. The van der Waals surface area contributed by atoms with Crippen LogP contribution in [0.5, 0.6) is 0 Å². The number of hydrogen-bond donors (Lipinski definition) is 1. The molecule has 2 saturated heterocycles. The zero-order valence-corrected chi connectivity index (χ0v) is 14.3. The number of imide groups is 1. The maximum Gasteiger partial charge on any atom is 0.237 e. The lowest BCUT2D eigenvalue weighted by Crippen LogP contribution is -2.38. The minimum Gasteiger partial charge on any atom is -0.358 e. The SMILES string of the molecule is O=C1[C@@H]2CCc3[nH]c4ccccc4c3[C@@H]2C(=O)N1CCN1CCCC1. The number of aromatic amines is 1. The third kappa shape index (κ3) is 2.25. The fourth-order valence-corrected chi connectivity index (χ4v) is 4.95. The Labute approximate surface area is 147 Å². The van der Waals surface area contributed by atoms with E-state index >= 15 is 0 Å². The maximum atomic E-state index is 13.1. The molecule has 5 heteroatoms. The number of fused-ring (bicyclic) bond motifs is 5. The van der Waals surface area contributed by atoms with E-state index in [0.29, 0.717) is 6.54 Å². The number of hydrogen-bond acceptors (Lipinski definition) is 3. The average molecular weight is 337 g/mol. The molecule has 25 heavy (non-hydrogen) atoms. The van der Waals surface area contributed by atoms with Gasteiger partial charge in [0.25, 0.3) is 0 Å². The Kier molecular flexibility index (Phi) is 3.45. The van der Waals surface area contributed by atoms with Crippen molar-refractivity contribution < 1.29 is 9.59 Å². The number of H-pyrrole nitrogens is 1. The molecule has 1 aromatic carbocycles. The number of carbonyl (C=O) groups excluding carboxylic acids is 2. The normalized spacial score (nSPS) is 26.5. The highest BCUT2D eigenvalue weighted by atomic mass is 16.2. The summed E-state index contributed by atoms with van der Waals surface area (Å²) in [6, 6.07) is 8.13. The number of rotatable bonds is 3. The van der Waals surface area contributed by atoms with E-state index in [0.717, 1.165) is 54.6 Å². The number of likely N-dealkylation sites (tertiary alicyclic amines) is 2. The van der Waals surface area contributed by atoms with Crippen molar-refractivity contribution in [3.8, 4) is 0 Å². The lowest BCUT2D eigenvalue weighted by molar-refractivity contribution is -0.139.